The van der Waals surface area contributed by atoms with Crippen LogP contribution in [0, 0.1) is 0 Å². The lowest BCUT2D eigenvalue weighted by Gasteiger charge is -2.04. The molecule has 3 heterocycles. The Morgan fingerprint density at radius 1 is 1.18 bits per heavy atom. The normalized spacial score (nSPS) is 10.8. The van der Waals surface area contributed by atoms with Gasteiger partial charge in [-0.15, -0.1) is 0 Å². The molecule has 0 aliphatic heterocycles. The first-order chi connectivity index (χ1) is 8.34. The number of nitrogens with zero attached hydrogens (tertiary/aromatic N) is 4. The fourth-order valence-electron chi connectivity index (χ4n) is 1.75. The monoisotopic (exact) mass is 226 g/mol. The fourth-order valence-corrected chi connectivity index (χ4v) is 1.75. The molecule has 0 aliphatic carbocycles. The molecule has 17 heavy (non-hydrogen) atoms. The summed E-state index contributed by atoms with van der Waals surface area (Å²) in [6, 6.07) is 7.42. The molecule has 5 heteroatoms. The van der Waals surface area contributed by atoms with Gasteiger partial charge in [0.1, 0.15) is 0 Å². The van der Waals surface area contributed by atoms with Gasteiger partial charge < -0.3 is 0 Å². The van der Waals surface area contributed by atoms with Crippen molar-refractivity contribution in [2.75, 3.05) is 0 Å². The first kappa shape index (κ1) is 9.77. The van der Waals surface area contributed by atoms with Crippen molar-refractivity contribution in [2.24, 2.45) is 0 Å². The van der Waals surface area contributed by atoms with Crippen LogP contribution < -0.4 is 5.69 Å². The Morgan fingerprint density at radius 2 is 2.00 bits per heavy atom. The van der Waals surface area contributed by atoms with E-state index in [1.165, 1.54) is 4.68 Å². The lowest BCUT2D eigenvalue weighted by atomic mass is 10.3. The summed E-state index contributed by atoms with van der Waals surface area (Å²) >= 11 is 0. The molecule has 0 atom stereocenters. The Hall–Kier alpha value is -2.43. The highest BCUT2D eigenvalue weighted by atomic mass is 16.2. The van der Waals surface area contributed by atoms with Crippen LogP contribution >= 0.6 is 0 Å². The predicted octanol–water partition coefficient (Wildman–Crippen LogP) is 0.939. The van der Waals surface area contributed by atoms with Crippen molar-refractivity contribution in [1.29, 1.82) is 0 Å². The third-order valence-electron chi connectivity index (χ3n) is 2.62. The Kier molecular flexibility index (Phi) is 2.22. The maximum absolute atomic E-state index is 12.0. The van der Waals surface area contributed by atoms with Gasteiger partial charge in [-0.1, -0.05) is 0 Å². The van der Waals surface area contributed by atoms with Crippen LogP contribution in [0.15, 0.2) is 53.8 Å². The lowest BCUT2D eigenvalue weighted by molar-refractivity contribution is 0.607. The molecule has 84 valence electrons. The van der Waals surface area contributed by atoms with Crippen LogP contribution in [0.2, 0.25) is 0 Å². The third-order valence-corrected chi connectivity index (χ3v) is 2.62. The summed E-state index contributed by atoms with van der Waals surface area (Å²) in [6.45, 7) is 0.454. The molecule has 0 aromatic carbocycles. The minimum absolute atomic E-state index is 0.135. The van der Waals surface area contributed by atoms with Crippen molar-refractivity contribution in [1.82, 2.24) is 19.2 Å². The van der Waals surface area contributed by atoms with Crippen LogP contribution in [-0.4, -0.2) is 19.2 Å². The molecular formula is C12H10N4O. The summed E-state index contributed by atoms with van der Waals surface area (Å²) in [6.07, 6.45) is 6.83. The average Bonchev–Trinajstić information content (AvgIpc) is 2.83. The Bertz CT molecular complexity index is 699. The topological polar surface area (TPSA) is 52.2 Å². The van der Waals surface area contributed by atoms with Crippen molar-refractivity contribution in [2.45, 2.75) is 6.54 Å². The number of pyridine rings is 1. The molecule has 3 aromatic heterocycles. The molecule has 0 saturated heterocycles. The molecule has 0 amide bonds. The van der Waals surface area contributed by atoms with E-state index >= 15 is 0 Å². The highest BCUT2D eigenvalue weighted by Crippen LogP contribution is 2.00. The highest BCUT2D eigenvalue weighted by Gasteiger charge is 2.03. The maximum atomic E-state index is 12.0. The van der Waals surface area contributed by atoms with E-state index in [0.717, 1.165) is 11.1 Å². The van der Waals surface area contributed by atoms with E-state index in [2.05, 4.69) is 10.1 Å². The standard InChI is InChI=1S/C12H10N4O/c17-12-15-7-1-2-11(15)8-14-16(12)9-10-3-5-13-6-4-10/h1-8H,9H2. The highest BCUT2D eigenvalue weighted by molar-refractivity contribution is 5.43. The van der Waals surface area contributed by atoms with Crippen molar-refractivity contribution in [3.05, 3.63) is 65.1 Å². The van der Waals surface area contributed by atoms with Gasteiger partial charge in [0.05, 0.1) is 18.3 Å². The molecule has 0 unspecified atom stereocenters. The van der Waals surface area contributed by atoms with E-state index in [4.69, 9.17) is 0 Å². The minimum Gasteiger partial charge on any atom is -0.267 e. The summed E-state index contributed by atoms with van der Waals surface area (Å²) in [5.74, 6) is 0. The molecule has 0 fully saturated rings. The summed E-state index contributed by atoms with van der Waals surface area (Å²) in [4.78, 5) is 16.0. The summed E-state index contributed by atoms with van der Waals surface area (Å²) in [5, 5.41) is 4.14. The zero-order valence-electron chi connectivity index (χ0n) is 9.02. The fraction of sp³-hybridized carbons (Fsp3) is 0.0833. The number of rotatable bonds is 2. The molecule has 0 aliphatic rings. The van der Waals surface area contributed by atoms with Gasteiger partial charge in [0.15, 0.2) is 0 Å². The molecule has 0 bridgehead atoms. The largest absolute Gasteiger partial charge is 0.349 e. The first-order valence-electron chi connectivity index (χ1n) is 5.27. The van der Waals surface area contributed by atoms with Crippen molar-refractivity contribution in [3.8, 4) is 0 Å². The van der Waals surface area contributed by atoms with Crippen molar-refractivity contribution >= 4 is 5.52 Å². The third kappa shape index (κ3) is 1.71. The number of aromatic nitrogens is 4. The van der Waals surface area contributed by atoms with Crippen molar-refractivity contribution < 1.29 is 0 Å². The van der Waals surface area contributed by atoms with Gasteiger partial charge in [0, 0.05) is 18.6 Å². The molecular weight excluding hydrogens is 216 g/mol. The minimum atomic E-state index is -0.135. The Morgan fingerprint density at radius 3 is 2.82 bits per heavy atom. The van der Waals surface area contributed by atoms with Crippen LogP contribution in [0.25, 0.3) is 5.52 Å². The lowest BCUT2D eigenvalue weighted by Crippen LogP contribution is -2.28. The zero-order chi connectivity index (χ0) is 11.7. The molecule has 0 spiro atoms. The van der Waals surface area contributed by atoms with Crippen LogP contribution in [0.3, 0.4) is 0 Å². The van der Waals surface area contributed by atoms with Crippen molar-refractivity contribution in [3.63, 3.8) is 0 Å². The van der Waals surface area contributed by atoms with E-state index in [0.29, 0.717) is 6.54 Å². The summed E-state index contributed by atoms with van der Waals surface area (Å²) < 4.78 is 3.01. The van der Waals surface area contributed by atoms with Crippen LogP contribution in [-0.2, 0) is 6.54 Å². The SMILES string of the molecule is O=c1n(Cc2ccncc2)ncc2cccn12. The molecule has 0 radical (unpaired) electrons. The molecule has 3 aromatic rings. The van der Waals surface area contributed by atoms with Gasteiger partial charge in [0.25, 0.3) is 0 Å². The van der Waals surface area contributed by atoms with Gasteiger partial charge in [-0.2, -0.15) is 5.10 Å². The summed E-state index contributed by atoms with van der Waals surface area (Å²) in [5.41, 5.74) is 1.67. The van der Waals surface area contributed by atoms with Gasteiger partial charge >= 0.3 is 5.69 Å². The second kappa shape index (κ2) is 3.86. The van der Waals surface area contributed by atoms with Gasteiger partial charge in [0.2, 0.25) is 0 Å². The van der Waals surface area contributed by atoms with Crippen LogP contribution in [0.1, 0.15) is 5.56 Å². The smallest absolute Gasteiger partial charge is 0.267 e. The molecule has 0 N–H and O–H groups in total. The quantitative estimate of drug-likeness (QED) is 0.653. The van der Waals surface area contributed by atoms with Gasteiger partial charge in [-0.3, -0.25) is 9.38 Å². The molecule has 0 saturated carbocycles. The first-order valence-corrected chi connectivity index (χ1v) is 5.27. The second-order valence-electron chi connectivity index (χ2n) is 3.74. The Labute approximate surface area is 97.0 Å². The molecule has 3 rings (SSSR count). The average molecular weight is 226 g/mol. The summed E-state index contributed by atoms with van der Waals surface area (Å²) in [7, 11) is 0. The van der Waals surface area contributed by atoms with E-state index in [9.17, 15) is 4.79 Å². The number of hydrogen-bond acceptors (Lipinski definition) is 3. The van der Waals surface area contributed by atoms with E-state index in [1.54, 1.807) is 29.2 Å². The number of hydrogen-bond donors (Lipinski definition) is 0. The second-order valence-corrected chi connectivity index (χ2v) is 3.74. The van der Waals surface area contributed by atoms with Crippen LogP contribution in [0.4, 0.5) is 0 Å². The number of fused-ring (bicyclic) bond motifs is 1. The van der Waals surface area contributed by atoms with Gasteiger partial charge in [-0.05, 0) is 29.8 Å². The zero-order valence-corrected chi connectivity index (χ0v) is 9.02. The molecule has 5 nitrogen and oxygen atoms in total. The van der Waals surface area contributed by atoms with E-state index in [1.807, 2.05) is 24.3 Å². The Balaban J connectivity index is 2.07. The maximum Gasteiger partial charge on any atom is 0.349 e. The van der Waals surface area contributed by atoms with E-state index < -0.39 is 0 Å². The van der Waals surface area contributed by atoms with Gasteiger partial charge in [-0.25, -0.2) is 9.48 Å². The predicted molar refractivity (Wildman–Crippen MR) is 62.8 cm³/mol. The van der Waals surface area contributed by atoms with Crippen LogP contribution in [0.5, 0.6) is 0 Å². The van der Waals surface area contributed by atoms with E-state index in [-0.39, 0.29) is 5.69 Å².